The molecule has 25 heavy (non-hydrogen) atoms. The molecule has 8 heteroatoms. The summed E-state index contributed by atoms with van der Waals surface area (Å²) in [4.78, 5) is 36.7. The zero-order chi connectivity index (χ0) is 18.7. The van der Waals surface area contributed by atoms with Gasteiger partial charge in [-0.3, -0.25) is 19.3 Å². The standard InChI is InChI=1S/C17H26N4O4/c1-4-8-18-15(22)10-19-16(23)11-21(2)12-17(24)20-13-6-5-7-14(9-13)25-3/h5-7,9H,4,8,10-12H2,1-3H3,(H,18,22)(H,19,23)(H,20,24). The first-order valence-corrected chi connectivity index (χ1v) is 8.10. The molecule has 3 amide bonds. The van der Waals surface area contributed by atoms with Crippen LogP contribution in [0.1, 0.15) is 13.3 Å². The maximum Gasteiger partial charge on any atom is 0.239 e. The summed E-state index contributed by atoms with van der Waals surface area (Å²) >= 11 is 0. The van der Waals surface area contributed by atoms with Crippen LogP contribution in [0.25, 0.3) is 0 Å². The zero-order valence-electron chi connectivity index (χ0n) is 14.9. The van der Waals surface area contributed by atoms with Gasteiger partial charge in [-0.05, 0) is 25.6 Å². The van der Waals surface area contributed by atoms with Crippen LogP contribution in [-0.4, -0.2) is 63.0 Å². The first kappa shape index (κ1) is 20.4. The molecule has 0 aliphatic carbocycles. The number of hydrogen-bond donors (Lipinski definition) is 3. The molecular weight excluding hydrogens is 324 g/mol. The number of carbonyl (C=O) groups is 3. The smallest absolute Gasteiger partial charge is 0.239 e. The molecule has 0 radical (unpaired) electrons. The number of nitrogens with one attached hydrogen (secondary N) is 3. The van der Waals surface area contributed by atoms with Gasteiger partial charge in [-0.15, -0.1) is 0 Å². The van der Waals surface area contributed by atoms with E-state index in [1.165, 1.54) is 0 Å². The highest BCUT2D eigenvalue weighted by molar-refractivity contribution is 5.93. The number of anilines is 1. The maximum atomic E-state index is 12.0. The maximum absolute atomic E-state index is 12.0. The van der Waals surface area contributed by atoms with Gasteiger partial charge in [0.1, 0.15) is 5.75 Å². The molecule has 0 heterocycles. The third kappa shape index (κ3) is 8.71. The molecule has 1 aromatic carbocycles. The highest BCUT2D eigenvalue weighted by Crippen LogP contribution is 2.16. The van der Waals surface area contributed by atoms with Gasteiger partial charge < -0.3 is 20.7 Å². The van der Waals surface area contributed by atoms with Gasteiger partial charge in [0.25, 0.3) is 0 Å². The van der Waals surface area contributed by atoms with Crippen molar-refractivity contribution in [3.63, 3.8) is 0 Å². The van der Waals surface area contributed by atoms with Crippen molar-refractivity contribution in [3.8, 4) is 5.75 Å². The Bertz CT molecular complexity index is 592. The van der Waals surface area contributed by atoms with E-state index in [-0.39, 0.29) is 37.4 Å². The number of hydrogen-bond acceptors (Lipinski definition) is 5. The zero-order valence-corrected chi connectivity index (χ0v) is 14.9. The normalized spacial score (nSPS) is 10.2. The number of amides is 3. The third-order valence-corrected chi connectivity index (χ3v) is 3.20. The lowest BCUT2D eigenvalue weighted by atomic mass is 10.3. The van der Waals surface area contributed by atoms with E-state index in [1.807, 2.05) is 6.92 Å². The molecule has 8 nitrogen and oxygen atoms in total. The van der Waals surface area contributed by atoms with Crippen molar-refractivity contribution in [1.82, 2.24) is 15.5 Å². The lowest BCUT2D eigenvalue weighted by molar-refractivity contribution is -0.127. The van der Waals surface area contributed by atoms with E-state index >= 15 is 0 Å². The van der Waals surface area contributed by atoms with Gasteiger partial charge in [-0.1, -0.05) is 13.0 Å². The predicted molar refractivity (Wildman–Crippen MR) is 95.4 cm³/mol. The van der Waals surface area contributed by atoms with Crippen molar-refractivity contribution in [2.75, 3.05) is 45.7 Å². The fraction of sp³-hybridized carbons (Fsp3) is 0.471. The molecule has 0 bridgehead atoms. The summed E-state index contributed by atoms with van der Waals surface area (Å²) in [6.45, 7) is 2.53. The molecule has 1 rings (SSSR count). The summed E-state index contributed by atoms with van der Waals surface area (Å²) in [6, 6.07) is 7.01. The minimum Gasteiger partial charge on any atom is -0.497 e. The van der Waals surface area contributed by atoms with Crippen molar-refractivity contribution < 1.29 is 19.1 Å². The second kappa shape index (κ2) is 11.0. The van der Waals surface area contributed by atoms with Gasteiger partial charge in [-0.2, -0.15) is 0 Å². The van der Waals surface area contributed by atoms with E-state index in [0.29, 0.717) is 18.0 Å². The summed E-state index contributed by atoms with van der Waals surface area (Å²) in [5, 5.41) is 7.93. The lowest BCUT2D eigenvalue weighted by Gasteiger charge is -2.16. The summed E-state index contributed by atoms with van der Waals surface area (Å²) < 4.78 is 5.09. The van der Waals surface area contributed by atoms with Crippen molar-refractivity contribution >= 4 is 23.4 Å². The summed E-state index contributed by atoms with van der Waals surface area (Å²) in [5.74, 6) is -0.145. The number of likely N-dealkylation sites (N-methyl/N-ethyl adjacent to an activating group) is 1. The lowest BCUT2D eigenvalue weighted by Crippen LogP contribution is -2.42. The largest absolute Gasteiger partial charge is 0.497 e. The first-order valence-electron chi connectivity index (χ1n) is 8.10. The Kier molecular flexibility index (Phi) is 9.02. The average Bonchev–Trinajstić information content (AvgIpc) is 2.57. The Balaban J connectivity index is 2.32. The predicted octanol–water partition coefficient (Wildman–Crippen LogP) is 0.208. The van der Waals surface area contributed by atoms with Crippen molar-refractivity contribution in [2.45, 2.75) is 13.3 Å². The molecule has 0 aliphatic heterocycles. The highest BCUT2D eigenvalue weighted by atomic mass is 16.5. The van der Waals surface area contributed by atoms with Crippen LogP contribution in [-0.2, 0) is 14.4 Å². The molecule has 0 aromatic heterocycles. The van der Waals surface area contributed by atoms with Crippen LogP contribution in [0, 0.1) is 0 Å². The number of benzene rings is 1. The van der Waals surface area contributed by atoms with Gasteiger partial charge in [0.2, 0.25) is 17.7 Å². The molecule has 3 N–H and O–H groups in total. The fourth-order valence-corrected chi connectivity index (χ4v) is 2.01. The molecule has 0 spiro atoms. The molecule has 0 aliphatic rings. The summed E-state index contributed by atoms with van der Waals surface area (Å²) in [5.41, 5.74) is 0.620. The molecular formula is C17H26N4O4. The molecule has 0 unspecified atom stereocenters. The Morgan fingerprint density at radius 2 is 1.80 bits per heavy atom. The van der Waals surface area contributed by atoms with E-state index in [1.54, 1.807) is 43.3 Å². The molecule has 1 aromatic rings. The van der Waals surface area contributed by atoms with Crippen LogP contribution < -0.4 is 20.7 Å². The third-order valence-electron chi connectivity index (χ3n) is 3.20. The number of rotatable bonds is 10. The molecule has 0 saturated carbocycles. The van der Waals surface area contributed by atoms with Gasteiger partial charge >= 0.3 is 0 Å². The van der Waals surface area contributed by atoms with Gasteiger partial charge in [0, 0.05) is 18.3 Å². The highest BCUT2D eigenvalue weighted by Gasteiger charge is 2.12. The minimum atomic E-state index is -0.316. The van der Waals surface area contributed by atoms with Crippen molar-refractivity contribution in [1.29, 1.82) is 0 Å². The Hall–Kier alpha value is -2.61. The van der Waals surface area contributed by atoms with Crippen LogP contribution in [0.4, 0.5) is 5.69 Å². The molecule has 0 atom stereocenters. The number of ether oxygens (including phenoxy) is 1. The van der Waals surface area contributed by atoms with Gasteiger partial charge in [-0.25, -0.2) is 0 Å². The molecule has 138 valence electrons. The van der Waals surface area contributed by atoms with Crippen LogP contribution in [0.3, 0.4) is 0 Å². The van der Waals surface area contributed by atoms with Gasteiger partial charge in [0.15, 0.2) is 0 Å². The Morgan fingerprint density at radius 3 is 2.48 bits per heavy atom. The second-order valence-corrected chi connectivity index (χ2v) is 5.58. The van der Waals surface area contributed by atoms with E-state index < -0.39 is 0 Å². The summed E-state index contributed by atoms with van der Waals surface area (Å²) in [6.07, 6.45) is 0.838. The Labute approximate surface area is 147 Å². The van der Waals surface area contributed by atoms with Crippen LogP contribution in [0.5, 0.6) is 5.75 Å². The SMILES string of the molecule is CCCNC(=O)CNC(=O)CN(C)CC(=O)Nc1cccc(OC)c1. The van der Waals surface area contributed by atoms with E-state index in [9.17, 15) is 14.4 Å². The first-order chi connectivity index (χ1) is 11.9. The Morgan fingerprint density at radius 1 is 1.08 bits per heavy atom. The quantitative estimate of drug-likeness (QED) is 0.560. The summed E-state index contributed by atoms with van der Waals surface area (Å²) in [7, 11) is 3.21. The van der Waals surface area contributed by atoms with Crippen molar-refractivity contribution in [2.24, 2.45) is 0 Å². The van der Waals surface area contributed by atoms with E-state index in [4.69, 9.17) is 4.74 Å². The van der Waals surface area contributed by atoms with E-state index in [0.717, 1.165) is 6.42 Å². The number of nitrogens with zero attached hydrogens (tertiary/aromatic N) is 1. The monoisotopic (exact) mass is 350 g/mol. The minimum absolute atomic E-state index is 0.0204. The molecule has 0 saturated heterocycles. The van der Waals surface area contributed by atoms with Gasteiger partial charge in [0.05, 0.1) is 26.7 Å². The van der Waals surface area contributed by atoms with Crippen LogP contribution >= 0.6 is 0 Å². The fourth-order valence-electron chi connectivity index (χ4n) is 2.01. The average molecular weight is 350 g/mol. The number of methoxy groups -OCH3 is 1. The topological polar surface area (TPSA) is 99.8 Å². The van der Waals surface area contributed by atoms with Crippen LogP contribution in [0.2, 0.25) is 0 Å². The van der Waals surface area contributed by atoms with Crippen LogP contribution in [0.15, 0.2) is 24.3 Å². The van der Waals surface area contributed by atoms with E-state index in [2.05, 4.69) is 16.0 Å². The number of carbonyl (C=O) groups excluding carboxylic acids is 3. The second-order valence-electron chi connectivity index (χ2n) is 5.58. The molecule has 0 fully saturated rings. The van der Waals surface area contributed by atoms with Crippen molar-refractivity contribution in [3.05, 3.63) is 24.3 Å².